The van der Waals surface area contributed by atoms with Crippen molar-refractivity contribution >= 4 is 5.96 Å². The number of rotatable bonds is 7. The second-order valence-corrected chi connectivity index (χ2v) is 6.38. The molecular weight excluding hydrogens is 302 g/mol. The molecule has 1 aromatic carbocycles. The van der Waals surface area contributed by atoms with E-state index in [-0.39, 0.29) is 6.10 Å². The fraction of sp³-hybridized carbons (Fsp3) is 0.632. The van der Waals surface area contributed by atoms with E-state index in [4.69, 9.17) is 9.47 Å². The highest BCUT2D eigenvalue weighted by molar-refractivity contribution is 5.80. The van der Waals surface area contributed by atoms with Crippen molar-refractivity contribution in [2.24, 2.45) is 10.9 Å². The molecule has 0 spiro atoms. The molecule has 1 N–H and O–H groups in total. The number of guanidine groups is 1. The molecule has 5 nitrogen and oxygen atoms in total. The Labute approximate surface area is 146 Å². The molecule has 2 unspecified atom stereocenters. The Kier molecular flexibility index (Phi) is 7.37. The zero-order valence-corrected chi connectivity index (χ0v) is 15.4. The number of aryl methyl sites for hydroxylation is 1. The van der Waals surface area contributed by atoms with Crippen LogP contribution in [0.3, 0.4) is 0 Å². The van der Waals surface area contributed by atoms with Crippen LogP contribution < -0.4 is 10.1 Å². The summed E-state index contributed by atoms with van der Waals surface area (Å²) in [7, 11) is 1.84. The van der Waals surface area contributed by atoms with Crippen LogP contribution in [0.5, 0.6) is 5.75 Å². The Morgan fingerprint density at radius 3 is 2.92 bits per heavy atom. The third-order valence-electron chi connectivity index (χ3n) is 4.32. The smallest absolute Gasteiger partial charge is 0.193 e. The number of aliphatic imine (C=N–C) groups is 1. The molecule has 1 aromatic rings. The van der Waals surface area contributed by atoms with Crippen LogP contribution in [0.4, 0.5) is 0 Å². The molecule has 0 aromatic heterocycles. The van der Waals surface area contributed by atoms with Gasteiger partial charge in [0.2, 0.25) is 0 Å². The lowest BCUT2D eigenvalue weighted by Gasteiger charge is -2.24. The first-order valence-electron chi connectivity index (χ1n) is 8.89. The molecule has 2 atom stereocenters. The second-order valence-electron chi connectivity index (χ2n) is 6.38. The second kappa shape index (κ2) is 9.52. The van der Waals surface area contributed by atoms with E-state index in [0.717, 1.165) is 56.5 Å². The summed E-state index contributed by atoms with van der Waals surface area (Å²) in [6.07, 6.45) is 1.24. The Bertz CT molecular complexity index is 533. The van der Waals surface area contributed by atoms with Gasteiger partial charge in [-0.05, 0) is 38.8 Å². The third-order valence-corrected chi connectivity index (χ3v) is 4.32. The Morgan fingerprint density at radius 1 is 1.42 bits per heavy atom. The minimum Gasteiger partial charge on any atom is -0.489 e. The number of ether oxygens (including phenoxy) is 2. The van der Waals surface area contributed by atoms with Crippen molar-refractivity contribution in [3.63, 3.8) is 0 Å². The van der Waals surface area contributed by atoms with Gasteiger partial charge in [-0.3, -0.25) is 4.99 Å². The summed E-state index contributed by atoms with van der Waals surface area (Å²) in [4.78, 5) is 6.73. The molecule has 1 fully saturated rings. The molecule has 0 amide bonds. The summed E-state index contributed by atoms with van der Waals surface area (Å²) in [6, 6.07) is 8.11. The molecule has 0 radical (unpaired) electrons. The molecule has 2 rings (SSSR count). The van der Waals surface area contributed by atoms with Gasteiger partial charge in [0.25, 0.3) is 0 Å². The summed E-state index contributed by atoms with van der Waals surface area (Å²) in [5.74, 6) is 2.50. The molecule has 0 bridgehead atoms. The normalized spacial score (nSPS) is 19.4. The number of hydrogen-bond acceptors (Lipinski definition) is 3. The molecule has 5 heteroatoms. The van der Waals surface area contributed by atoms with Crippen molar-refractivity contribution in [2.45, 2.75) is 33.3 Å². The standard InChI is InChI=1S/C19H31N3O2/c1-5-23-14-17-10-11-22(13-17)19(20-4)21-12-16(3)24-18-9-7-6-8-15(18)2/h6-9,16-17H,5,10-14H2,1-4H3,(H,20,21). The van der Waals surface area contributed by atoms with Crippen LogP contribution in [0.1, 0.15) is 25.8 Å². The molecule has 0 aliphatic carbocycles. The molecule has 24 heavy (non-hydrogen) atoms. The number of likely N-dealkylation sites (tertiary alicyclic amines) is 1. The SMILES string of the molecule is CCOCC1CCN(C(=NC)NCC(C)Oc2ccccc2C)C1. The van der Waals surface area contributed by atoms with E-state index in [2.05, 4.69) is 35.1 Å². The van der Waals surface area contributed by atoms with Gasteiger partial charge < -0.3 is 19.7 Å². The predicted octanol–water partition coefficient (Wildman–Crippen LogP) is 2.70. The highest BCUT2D eigenvalue weighted by Crippen LogP contribution is 2.18. The Balaban J connectivity index is 1.78. The van der Waals surface area contributed by atoms with Crippen molar-refractivity contribution in [2.75, 3.05) is 39.9 Å². The van der Waals surface area contributed by atoms with Gasteiger partial charge in [0.05, 0.1) is 13.2 Å². The molecule has 134 valence electrons. The predicted molar refractivity (Wildman–Crippen MR) is 98.8 cm³/mol. The number of nitrogens with zero attached hydrogens (tertiary/aromatic N) is 2. The molecule has 1 aliphatic heterocycles. The number of hydrogen-bond donors (Lipinski definition) is 1. The van der Waals surface area contributed by atoms with Crippen LogP contribution in [0.25, 0.3) is 0 Å². The fourth-order valence-electron chi connectivity index (χ4n) is 2.96. The molecule has 0 saturated carbocycles. The zero-order chi connectivity index (χ0) is 17.4. The minimum absolute atomic E-state index is 0.0738. The maximum Gasteiger partial charge on any atom is 0.193 e. The first-order valence-corrected chi connectivity index (χ1v) is 8.89. The summed E-state index contributed by atoms with van der Waals surface area (Å²) >= 11 is 0. The van der Waals surface area contributed by atoms with E-state index in [1.807, 2.05) is 32.2 Å². The quantitative estimate of drug-likeness (QED) is 0.616. The highest BCUT2D eigenvalue weighted by Gasteiger charge is 2.25. The average molecular weight is 333 g/mol. The van der Waals surface area contributed by atoms with Gasteiger partial charge >= 0.3 is 0 Å². The maximum absolute atomic E-state index is 6.02. The van der Waals surface area contributed by atoms with Crippen LogP contribution in [0.15, 0.2) is 29.3 Å². The number of para-hydroxylation sites is 1. The van der Waals surface area contributed by atoms with Gasteiger partial charge in [0.1, 0.15) is 11.9 Å². The van der Waals surface area contributed by atoms with Crippen molar-refractivity contribution < 1.29 is 9.47 Å². The average Bonchev–Trinajstić information content (AvgIpc) is 3.04. The van der Waals surface area contributed by atoms with E-state index < -0.39 is 0 Å². The van der Waals surface area contributed by atoms with Gasteiger partial charge in [-0.1, -0.05) is 18.2 Å². The van der Waals surface area contributed by atoms with Crippen molar-refractivity contribution in [1.82, 2.24) is 10.2 Å². The Morgan fingerprint density at radius 2 is 2.21 bits per heavy atom. The van der Waals surface area contributed by atoms with E-state index in [9.17, 15) is 0 Å². The van der Waals surface area contributed by atoms with Gasteiger partial charge in [-0.2, -0.15) is 0 Å². The largest absolute Gasteiger partial charge is 0.489 e. The van der Waals surface area contributed by atoms with E-state index >= 15 is 0 Å². The third kappa shape index (κ3) is 5.41. The summed E-state index contributed by atoms with van der Waals surface area (Å²) in [5.41, 5.74) is 1.16. The lowest BCUT2D eigenvalue weighted by molar-refractivity contribution is 0.114. The van der Waals surface area contributed by atoms with Crippen molar-refractivity contribution in [3.05, 3.63) is 29.8 Å². The molecule has 1 aliphatic rings. The van der Waals surface area contributed by atoms with Gasteiger partial charge in [-0.25, -0.2) is 0 Å². The fourth-order valence-corrected chi connectivity index (χ4v) is 2.96. The highest BCUT2D eigenvalue weighted by atomic mass is 16.5. The van der Waals surface area contributed by atoms with Crippen LogP contribution in [-0.4, -0.2) is 56.9 Å². The maximum atomic E-state index is 6.02. The van der Waals surface area contributed by atoms with Crippen LogP contribution in [0, 0.1) is 12.8 Å². The van der Waals surface area contributed by atoms with Gasteiger partial charge in [0.15, 0.2) is 5.96 Å². The van der Waals surface area contributed by atoms with E-state index in [1.54, 1.807) is 0 Å². The lowest BCUT2D eigenvalue weighted by atomic mass is 10.1. The summed E-state index contributed by atoms with van der Waals surface area (Å²) < 4.78 is 11.6. The summed E-state index contributed by atoms with van der Waals surface area (Å²) in [6.45, 7) is 10.6. The molecule has 1 heterocycles. The van der Waals surface area contributed by atoms with Crippen molar-refractivity contribution in [3.8, 4) is 5.75 Å². The minimum atomic E-state index is 0.0738. The van der Waals surface area contributed by atoms with Crippen molar-refractivity contribution in [1.29, 1.82) is 0 Å². The van der Waals surface area contributed by atoms with Crippen LogP contribution >= 0.6 is 0 Å². The Hall–Kier alpha value is -1.75. The van der Waals surface area contributed by atoms with E-state index in [1.165, 1.54) is 0 Å². The first-order chi connectivity index (χ1) is 11.6. The molecule has 1 saturated heterocycles. The topological polar surface area (TPSA) is 46.1 Å². The van der Waals surface area contributed by atoms with Crippen LogP contribution in [0.2, 0.25) is 0 Å². The first kappa shape index (κ1) is 18.6. The number of benzene rings is 1. The molecular formula is C19H31N3O2. The van der Waals surface area contributed by atoms with Gasteiger partial charge in [-0.15, -0.1) is 0 Å². The zero-order valence-electron chi connectivity index (χ0n) is 15.4. The monoisotopic (exact) mass is 333 g/mol. The lowest BCUT2D eigenvalue weighted by Crippen LogP contribution is -2.43. The van der Waals surface area contributed by atoms with Gasteiger partial charge in [0, 0.05) is 32.7 Å². The summed E-state index contributed by atoms with van der Waals surface area (Å²) in [5, 5.41) is 3.44. The van der Waals surface area contributed by atoms with E-state index in [0.29, 0.717) is 5.92 Å². The number of nitrogens with one attached hydrogen (secondary N) is 1. The van der Waals surface area contributed by atoms with Crippen LogP contribution in [-0.2, 0) is 4.74 Å².